The minimum atomic E-state index is 0.0336. The van der Waals surface area contributed by atoms with Crippen LogP contribution in [0.15, 0.2) is 6.20 Å². The van der Waals surface area contributed by atoms with E-state index in [0.29, 0.717) is 23.8 Å². The second kappa shape index (κ2) is 6.29. The van der Waals surface area contributed by atoms with Crippen LogP contribution in [0.2, 0.25) is 0 Å². The Hall–Kier alpha value is -1.52. The Kier molecular flexibility index (Phi) is 4.68. The third-order valence-corrected chi connectivity index (χ3v) is 4.37. The van der Waals surface area contributed by atoms with E-state index in [-0.39, 0.29) is 5.91 Å². The molecule has 5 nitrogen and oxygen atoms in total. The molecule has 2 heterocycles. The monoisotopic (exact) mass is 278 g/mol. The Balaban J connectivity index is 2.11. The highest BCUT2D eigenvalue weighted by Gasteiger charge is 2.26. The maximum Gasteiger partial charge on any atom is 0.274 e. The normalized spacial score (nSPS) is 20.2. The van der Waals surface area contributed by atoms with Gasteiger partial charge in [0.1, 0.15) is 5.69 Å². The predicted octanol–water partition coefficient (Wildman–Crippen LogP) is 2.38. The van der Waals surface area contributed by atoms with Crippen molar-refractivity contribution >= 4 is 11.6 Å². The summed E-state index contributed by atoms with van der Waals surface area (Å²) in [5, 5.41) is 4.16. The van der Waals surface area contributed by atoms with Crippen molar-refractivity contribution in [3.63, 3.8) is 0 Å². The lowest BCUT2D eigenvalue weighted by Gasteiger charge is -2.22. The minimum Gasteiger partial charge on any atom is -0.396 e. The second-order valence-electron chi connectivity index (χ2n) is 5.99. The highest BCUT2D eigenvalue weighted by Crippen LogP contribution is 2.25. The van der Waals surface area contributed by atoms with Crippen LogP contribution in [-0.4, -0.2) is 33.7 Å². The molecule has 1 amide bonds. The fraction of sp³-hybridized carbons (Fsp3) is 0.733. The molecule has 2 rings (SSSR count). The molecule has 1 atom stereocenters. The summed E-state index contributed by atoms with van der Waals surface area (Å²) < 4.78 is 1.70. The molecule has 0 bridgehead atoms. The van der Waals surface area contributed by atoms with E-state index in [2.05, 4.69) is 18.9 Å². The number of carbonyl (C=O) groups is 1. The van der Waals surface area contributed by atoms with Gasteiger partial charge in [0.15, 0.2) is 0 Å². The summed E-state index contributed by atoms with van der Waals surface area (Å²) in [7, 11) is 0. The van der Waals surface area contributed by atoms with Gasteiger partial charge in [-0.25, -0.2) is 0 Å². The number of hydrogen-bond donors (Lipinski definition) is 1. The van der Waals surface area contributed by atoms with Crippen molar-refractivity contribution in [2.45, 2.75) is 46.6 Å². The maximum absolute atomic E-state index is 12.7. The second-order valence-corrected chi connectivity index (χ2v) is 5.99. The van der Waals surface area contributed by atoms with Crippen LogP contribution in [0.1, 0.15) is 50.5 Å². The van der Waals surface area contributed by atoms with Crippen molar-refractivity contribution in [3.05, 3.63) is 11.9 Å². The standard InChI is InChI=1S/C15H26N4O/c1-4-19-14(13(16)10-17-19)15(20)18-8-5-6-12(7-9-18)11(2)3/h10-12H,4-9,16H2,1-3H3. The van der Waals surface area contributed by atoms with Gasteiger partial charge < -0.3 is 10.6 Å². The number of nitrogens with two attached hydrogens (primary N) is 1. The fourth-order valence-electron chi connectivity index (χ4n) is 3.02. The summed E-state index contributed by atoms with van der Waals surface area (Å²) in [5.41, 5.74) is 6.95. The lowest BCUT2D eigenvalue weighted by atomic mass is 9.89. The zero-order chi connectivity index (χ0) is 14.7. The number of rotatable bonds is 3. The number of hydrogen-bond acceptors (Lipinski definition) is 3. The molecule has 20 heavy (non-hydrogen) atoms. The molecule has 0 saturated carbocycles. The number of nitrogens with zero attached hydrogens (tertiary/aromatic N) is 3. The molecule has 0 radical (unpaired) electrons. The van der Waals surface area contributed by atoms with Crippen molar-refractivity contribution in [2.24, 2.45) is 11.8 Å². The zero-order valence-corrected chi connectivity index (χ0v) is 12.8. The average Bonchev–Trinajstić information content (AvgIpc) is 2.64. The number of carbonyl (C=O) groups excluding carboxylic acids is 1. The first kappa shape index (κ1) is 14.9. The van der Waals surface area contributed by atoms with Crippen molar-refractivity contribution in [1.29, 1.82) is 0 Å². The van der Waals surface area contributed by atoms with E-state index in [1.165, 1.54) is 6.42 Å². The predicted molar refractivity (Wildman–Crippen MR) is 80.4 cm³/mol. The fourth-order valence-corrected chi connectivity index (χ4v) is 3.02. The first-order valence-electron chi connectivity index (χ1n) is 7.65. The summed E-state index contributed by atoms with van der Waals surface area (Å²) in [5.74, 6) is 1.45. The molecular weight excluding hydrogens is 252 g/mol. The Morgan fingerprint density at radius 1 is 1.45 bits per heavy atom. The minimum absolute atomic E-state index is 0.0336. The van der Waals surface area contributed by atoms with Gasteiger partial charge in [-0.3, -0.25) is 9.48 Å². The van der Waals surface area contributed by atoms with Gasteiger partial charge in [0, 0.05) is 19.6 Å². The number of aryl methyl sites for hydroxylation is 1. The van der Waals surface area contributed by atoms with Gasteiger partial charge in [-0.05, 0) is 38.0 Å². The van der Waals surface area contributed by atoms with Crippen molar-refractivity contribution in [2.75, 3.05) is 18.8 Å². The molecule has 112 valence electrons. The first-order valence-corrected chi connectivity index (χ1v) is 7.65. The van der Waals surface area contributed by atoms with Crippen LogP contribution in [0.3, 0.4) is 0 Å². The van der Waals surface area contributed by atoms with E-state index < -0.39 is 0 Å². The van der Waals surface area contributed by atoms with Crippen molar-refractivity contribution < 1.29 is 4.79 Å². The van der Waals surface area contributed by atoms with Crippen molar-refractivity contribution in [3.8, 4) is 0 Å². The molecule has 0 aliphatic carbocycles. The maximum atomic E-state index is 12.7. The number of likely N-dealkylation sites (tertiary alicyclic amines) is 1. The Bertz CT molecular complexity index is 466. The molecule has 2 N–H and O–H groups in total. The van der Waals surface area contributed by atoms with Crippen LogP contribution in [0.4, 0.5) is 5.69 Å². The van der Waals surface area contributed by atoms with E-state index in [4.69, 9.17) is 5.73 Å². The third kappa shape index (κ3) is 2.97. The number of amides is 1. The van der Waals surface area contributed by atoms with Crippen LogP contribution in [-0.2, 0) is 6.54 Å². The van der Waals surface area contributed by atoms with E-state index in [0.717, 1.165) is 31.8 Å². The lowest BCUT2D eigenvalue weighted by molar-refractivity contribution is 0.0747. The smallest absolute Gasteiger partial charge is 0.274 e. The zero-order valence-electron chi connectivity index (χ0n) is 12.8. The summed E-state index contributed by atoms with van der Waals surface area (Å²) in [6, 6.07) is 0. The molecule has 1 aromatic heterocycles. The van der Waals surface area contributed by atoms with Crippen molar-refractivity contribution in [1.82, 2.24) is 14.7 Å². The number of anilines is 1. The van der Waals surface area contributed by atoms with Gasteiger partial charge in [0.2, 0.25) is 0 Å². The van der Waals surface area contributed by atoms with Gasteiger partial charge in [-0.15, -0.1) is 0 Å². The molecule has 1 aromatic rings. The molecule has 1 saturated heterocycles. The van der Waals surface area contributed by atoms with Gasteiger partial charge >= 0.3 is 0 Å². The van der Waals surface area contributed by atoms with Gasteiger partial charge in [0.25, 0.3) is 5.91 Å². The molecule has 0 spiro atoms. The third-order valence-electron chi connectivity index (χ3n) is 4.37. The highest BCUT2D eigenvalue weighted by atomic mass is 16.2. The van der Waals surface area contributed by atoms with E-state index in [1.807, 2.05) is 11.8 Å². The van der Waals surface area contributed by atoms with Crippen LogP contribution >= 0.6 is 0 Å². The van der Waals surface area contributed by atoms with E-state index in [9.17, 15) is 4.79 Å². The van der Waals surface area contributed by atoms with Crippen LogP contribution in [0.25, 0.3) is 0 Å². The van der Waals surface area contributed by atoms with Gasteiger partial charge in [-0.2, -0.15) is 5.10 Å². The van der Waals surface area contributed by atoms with Crippen LogP contribution < -0.4 is 5.73 Å². The van der Waals surface area contributed by atoms with Crippen LogP contribution in [0, 0.1) is 11.8 Å². The summed E-state index contributed by atoms with van der Waals surface area (Å²) in [6.07, 6.45) is 4.95. The molecular formula is C15H26N4O. The number of aromatic nitrogens is 2. The topological polar surface area (TPSA) is 64.2 Å². The average molecular weight is 278 g/mol. The number of nitrogen functional groups attached to an aromatic ring is 1. The Labute approximate surface area is 121 Å². The Morgan fingerprint density at radius 2 is 2.20 bits per heavy atom. The molecule has 1 aliphatic rings. The summed E-state index contributed by atoms with van der Waals surface area (Å²) in [6.45, 7) is 8.84. The first-order chi connectivity index (χ1) is 9.54. The molecule has 1 unspecified atom stereocenters. The van der Waals surface area contributed by atoms with E-state index >= 15 is 0 Å². The Morgan fingerprint density at radius 3 is 2.85 bits per heavy atom. The molecule has 1 aliphatic heterocycles. The van der Waals surface area contributed by atoms with Crippen LogP contribution in [0.5, 0.6) is 0 Å². The highest BCUT2D eigenvalue weighted by molar-refractivity contribution is 5.97. The molecule has 5 heteroatoms. The SMILES string of the molecule is CCn1ncc(N)c1C(=O)N1CCCC(C(C)C)CC1. The molecule has 1 fully saturated rings. The van der Waals surface area contributed by atoms with E-state index in [1.54, 1.807) is 10.9 Å². The lowest BCUT2D eigenvalue weighted by Crippen LogP contribution is -2.34. The largest absolute Gasteiger partial charge is 0.396 e. The van der Waals surface area contributed by atoms with Gasteiger partial charge in [-0.1, -0.05) is 13.8 Å². The summed E-state index contributed by atoms with van der Waals surface area (Å²) in [4.78, 5) is 14.6. The van der Waals surface area contributed by atoms with Gasteiger partial charge in [0.05, 0.1) is 11.9 Å². The quantitative estimate of drug-likeness (QED) is 0.923. The summed E-state index contributed by atoms with van der Waals surface area (Å²) >= 11 is 0. The molecule has 0 aromatic carbocycles.